The summed E-state index contributed by atoms with van der Waals surface area (Å²) in [5.74, 6) is 1.24. The molecular formula is C17H20ClNO2. The van der Waals surface area contributed by atoms with E-state index in [0.717, 1.165) is 11.1 Å². The second kappa shape index (κ2) is 6.83. The minimum atomic E-state index is 0.282. The van der Waals surface area contributed by atoms with E-state index in [9.17, 15) is 0 Å². The zero-order valence-corrected chi connectivity index (χ0v) is 13.5. The number of benzene rings is 2. The van der Waals surface area contributed by atoms with Crippen molar-refractivity contribution in [1.29, 1.82) is 0 Å². The van der Waals surface area contributed by atoms with E-state index in [1.165, 1.54) is 5.56 Å². The van der Waals surface area contributed by atoms with Crippen LogP contribution >= 0.6 is 11.6 Å². The highest BCUT2D eigenvalue weighted by Gasteiger charge is 2.15. The smallest absolute Gasteiger partial charge is 0.149 e. The molecule has 21 heavy (non-hydrogen) atoms. The number of nitrogens with one attached hydrogen (secondary N) is 1. The third-order valence-corrected chi connectivity index (χ3v) is 3.97. The van der Waals surface area contributed by atoms with Crippen molar-refractivity contribution in [1.82, 2.24) is 5.32 Å². The zero-order valence-electron chi connectivity index (χ0n) is 12.7. The molecule has 1 N–H and O–H groups in total. The van der Waals surface area contributed by atoms with Gasteiger partial charge in [0.1, 0.15) is 16.5 Å². The summed E-state index contributed by atoms with van der Waals surface area (Å²) >= 11 is 6.33. The van der Waals surface area contributed by atoms with Gasteiger partial charge in [0.15, 0.2) is 0 Å². The van der Waals surface area contributed by atoms with Crippen LogP contribution in [0, 0.1) is 0 Å². The van der Waals surface area contributed by atoms with Gasteiger partial charge in [-0.05, 0) is 43.3 Å². The molecule has 0 amide bonds. The first kappa shape index (κ1) is 15.7. The van der Waals surface area contributed by atoms with Crippen LogP contribution in [-0.4, -0.2) is 21.3 Å². The second-order valence-electron chi connectivity index (χ2n) is 4.80. The summed E-state index contributed by atoms with van der Waals surface area (Å²) in [7, 11) is 5.15. The van der Waals surface area contributed by atoms with Gasteiger partial charge in [0, 0.05) is 11.6 Å². The third kappa shape index (κ3) is 3.14. The molecule has 112 valence electrons. The molecule has 1 atom stereocenters. The van der Waals surface area contributed by atoms with Crippen LogP contribution in [0.25, 0.3) is 11.1 Å². The number of halogens is 1. The van der Waals surface area contributed by atoms with E-state index in [2.05, 4.69) is 24.4 Å². The predicted octanol–water partition coefficient (Wildman–Crippen LogP) is 4.30. The quantitative estimate of drug-likeness (QED) is 0.893. The lowest BCUT2D eigenvalue weighted by atomic mass is 9.99. The van der Waals surface area contributed by atoms with Crippen molar-refractivity contribution in [3.05, 3.63) is 47.0 Å². The molecule has 2 aromatic carbocycles. The Morgan fingerprint density at radius 3 is 2.48 bits per heavy atom. The van der Waals surface area contributed by atoms with Gasteiger partial charge in [-0.25, -0.2) is 0 Å². The fourth-order valence-corrected chi connectivity index (χ4v) is 2.58. The molecule has 0 saturated carbocycles. The van der Waals surface area contributed by atoms with Crippen LogP contribution in [0.15, 0.2) is 36.4 Å². The summed E-state index contributed by atoms with van der Waals surface area (Å²) < 4.78 is 10.7. The SMILES string of the molecule is CNC(C)c1cccc(-c2ccc(OC)c(Cl)c2OC)c1. The molecular weight excluding hydrogens is 286 g/mol. The van der Waals surface area contributed by atoms with Crippen molar-refractivity contribution in [3.63, 3.8) is 0 Å². The molecule has 2 aromatic rings. The van der Waals surface area contributed by atoms with Gasteiger partial charge in [-0.1, -0.05) is 29.8 Å². The molecule has 1 unspecified atom stereocenters. The van der Waals surface area contributed by atoms with Gasteiger partial charge in [0.05, 0.1) is 14.2 Å². The van der Waals surface area contributed by atoms with Crippen LogP contribution in [0.2, 0.25) is 5.02 Å². The summed E-state index contributed by atoms with van der Waals surface area (Å²) in [6.07, 6.45) is 0. The molecule has 3 nitrogen and oxygen atoms in total. The summed E-state index contributed by atoms with van der Waals surface area (Å²) in [5, 5.41) is 3.73. The molecule has 0 bridgehead atoms. The van der Waals surface area contributed by atoms with E-state index < -0.39 is 0 Å². The third-order valence-electron chi connectivity index (χ3n) is 3.62. The molecule has 0 radical (unpaired) electrons. The van der Waals surface area contributed by atoms with E-state index in [4.69, 9.17) is 21.1 Å². The van der Waals surface area contributed by atoms with Gasteiger partial charge < -0.3 is 14.8 Å². The van der Waals surface area contributed by atoms with Crippen LogP contribution in [0.4, 0.5) is 0 Å². The van der Waals surface area contributed by atoms with Gasteiger partial charge in [-0.2, -0.15) is 0 Å². The van der Waals surface area contributed by atoms with Gasteiger partial charge in [0.25, 0.3) is 0 Å². The Bertz CT molecular complexity index is 628. The Morgan fingerprint density at radius 1 is 1.10 bits per heavy atom. The Hall–Kier alpha value is -1.71. The molecule has 0 spiro atoms. The summed E-state index contributed by atoms with van der Waals surface area (Å²) in [6.45, 7) is 2.12. The maximum Gasteiger partial charge on any atom is 0.149 e. The molecule has 0 fully saturated rings. The Labute approximate surface area is 130 Å². The fourth-order valence-electron chi connectivity index (χ4n) is 2.26. The molecule has 0 heterocycles. The topological polar surface area (TPSA) is 30.5 Å². The Morgan fingerprint density at radius 2 is 1.86 bits per heavy atom. The van der Waals surface area contributed by atoms with Crippen LogP contribution in [0.3, 0.4) is 0 Å². The van der Waals surface area contributed by atoms with E-state index in [-0.39, 0.29) is 6.04 Å². The van der Waals surface area contributed by atoms with E-state index >= 15 is 0 Å². The number of hydrogen-bond donors (Lipinski definition) is 1. The predicted molar refractivity (Wildman–Crippen MR) is 87.5 cm³/mol. The highest BCUT2D eigenvalue weighted by molar-refractivity contribution is 6.34. The highest BCUT2D eigenvalue weighted by Crippen LogP contribution is 2.42. The first-order valence-electron chi connectivity index (χ1n) is 6.80. The van der Waals surface area contributed by atoms with Crippen molar-refractivity contribution in [2.24, 2.45) is 0 Å². The minimum Gasteiger partial charge on any atom is -0.495 e. The average Bonchev–Trinajstić information content (AvgIpc) is 2.53. The normalized spacial score (nSPS) is 12.0. The van der Waals surface area contributed by atoms with Crippen molar-refractivity contribution >= 4 is 11.6 Å². The lowest BCUT2D eigenvalue weighted by Crippen LogP contribution is -2.12. The highest BCUT2D eigenvalue weighted by atomic mass is 35.5. The number of rotatable bonds is 5. The average molecular weight is 306 g/mol. The minimum absolute atomic E-state index is 0.282. The molecule has 4 heteroatoms. The lowest BCUT2D eigenvalue weighted by Gasteiger charge is -2.15. The molecule has 2 rings (SSSR count). The van der Waals surface area contributed by atoms with Gasteiger partial charge in [0.2, 0.25) is 0 Å². The lowest BCUT2D eigenvalue weighted by molar-refractivity contribution is 0.396. The van der Waals surface area contributed by atoms with E-state index in [0.29, 0.717) is 16.5 Å². The Kier molecular flexibility index (Phi) is 5.10. The van der Waals surface area contributed by atoms with Crippen LogP contribution in [-0.2, 0) is 0 Å². The van der Waals surface area contributed by atoms with Crippen LogP contribution in [0.5, 0.6) is 11.5 Å². The molecule has 0 saturated heterocycles. The number of ether oxygens (including phenoxy) is 2. The summed E-state index contributed by atoms with van der Waals surface area (Å²) in [4.78, 5) is 0. The van der Waals surface area contributed by atoms with Crippen molar-refractivity contribution in [2.75, 3.05) is 21.3 Å². The summed E-state index contributed by atoms with van der Waals surface area (Å²) in [5.41, 5.74) is 3.23. The zero-order chi connectivity index (χ0) is 15.4. The van der Waals surface area contributed by atoms with Crippen LogP contribution < -0.4 is 14.8 Å². The van der Waals surface area contributed by atoms with Gasteiger partial charge in [-0.15, -0.1) is 0 Å². The van der Waals surface area contributed by atoms with Crippen molar-refractivity contribution in [2.45, 2.75) is 13.0 Å². The maximum atomic E-state index is 6.33. The number of hydrogen-bond acceptors (Lipinski definition) is 3. The monoisotopic (exact) mass is 305 g/mol. The molecule has 0 aliphatic carbocycles. The number of methoxy groups -OCH3 is 2. The van der Waals surface area contributed by atoms with Gasteiger partial charge >= 0.3 is 0 Å². The molecule has 0 aromatic heterocycles. The Balaban J connectivity index is 2.54. The van der Waals surface area contributed by atoms with Gasteiger partial charge in [-0.3, -0.25) is 0 Å². The van der Waals surface area contributed by atoms with Crippen LogP contribution in [0.1, 0.15) is 18.5 Å². The molecule has 0 aliphatic heterocycles. The van der Waals surface area contributed by atoms with E-state index in [1.807, 2.05) is 31.3 Å². The van der Waals surface area contributed by atoms with E-state index in [1.54, 1.807) is 14.2 Å². The summed E-state index contributed by atoms with van der Waals surface area (Å²) in [6, 6.07) is 12.4. The largest absolute Gasteiger partial charge is 0.495 e. The van der Waals surface area contributed by atoms with Crippen molar-refractivity contribution < 1.29 is 9.47 Å². The van der Waals surface area contributed by atoms with Crippen molar-refractivity contribution in [3.8, 4) is 22.6 Å². The standard InChI is InChI=1S/C17H20ClNO2/c1-11(19-2)12-6-5-7-13(10-12)14-8-9-15(20-3)16(18)17(14)21-4/h5-11,19H,1-4H3. The fraction of sp³-hybridized carbons (Fsp3) is 0.294. The molecule has 0 aliphatic rings. The maximum absolute atomic E-state index is 6.33. The first-order chi connectivity index (χ1) is 10.1. The second-order valence-corrected chi connectivity index (χ2v) is 5.18. The first-order valence-corrected chi connectivity index (χ1v) is 7.18.